The van der Waals surface area contributed by atoms with Crippen LogP contribution in [0.3, 0.4) is 0 Å². The monoisotopic (exact) mass is 540 g/mol. The van der Waals surface area contributed by atoms with Gasteiger partial charge in [0.25, 0.3) is 5.56 Å². The van der Waals surface area contributed by atoms with Crippen LogP contribution in [-0.2, 0) is 47.7 Å². The number of carbonyl (C=O) groups is 1. The highest BCUT2D eigenvalue weighted by Gasteiger charge is 2.45. The van der Waals surface area contributed by atoms with Gasteiger partial charge in [-0.25, -0.2) is 9.78 Å². The Morgan fingerprint density at radius 1 is 0.975 bits per heavy atom. The number of aromatic nitrogens is 2. The van der Waals surface area contributed by atoms with E-state index in [0.29, 0.717) is 40.6 Å². The predicted molar refractivity (Wildman–Crippen MR) is 145 cm³/mol. The van der Waals surface area contributed by atoms with Gasteiger partial charge in [0.1, 0.15) is 6.61 Å². The molecular formula is C31H28N2O7. The maximum atomic E-state index is 13.7. The molecule has 0 spiro atoms. The van der Waals surface area contributed by atoms with Crippen molar-refractivity contribution in [2.45, 2.75) is 58.0 Å². The molecule has 204 valence electrons. The summed E-state index contributed by atoms with van der Waals surface area (Å²) >= 11 is 0. The molecule has 2 aromatic carbocycles. The number of aliphatic hydroxyl groups excluding tert-OH is 1. The topological polar surface area (TPSA) is 120 Å². The first-order valence-electron chi connectivity index (χ1n) is 13.5. The van der Waals surface area contributed by atoms with Crippen LogP contribution < -0.4 is 15.0 Å². The predicted octanol–water partition coefficient (Wildman–Crippen LogP) is 3.48. The molecule has 0 saturated carbocycles. The summed E-state index contributed by atoms with van der Waals surface area (Å²) in [6, 6.07) is 13.5. The molecule has 0 bridgehead atoms. The third-order valence-corrected chi connectivity index (χ3v) is 8.40. The molecule has 5 heterocycles. The Balaban J connectivity index is 1.35. The number of carbonyl (C=O) groups excluding carboxylic acids is 1. The fourth-order valence-electron chi connectivity index (χ4n) is 6.12. The molecule has 0 fully saturated rings. The Bertz CT molecular complexity index is 1760. The van der Waals surface area contributed by atoms with Crippen molar-refractivity contribution in [3.8, 4) is 22.9 Å². The third kappa shape index (κ3) is 3.65. The summed E-state index contributed by atoms with van der Waals surface area (Å²) < 4.78 is 18.2. The van der Waals surface area contributed by atoms with Gasteiger partial charge < -0.3 is 29.0 Å². The van der Waals surface area contributed by atoms with Gasteiger partial charge in [0.2, 0.25) is 6.79 Å². The van der Waals surface area contributed by atoms with Crippen molar-refractivity contribution < 1.29 is 29.2 Å². The van der Waals surface area contributed by atoms with Crippen molar-refractivity contribution in [2.24, 2.45) is 0 Å². The summed E-state index contributed by atoms with van der Waals surface area (Å²) in [7, 11) is 0. The maximum absolute atomic E-state index is 13.7. The zero-order chi connectivity index (χ0) is 27.6. The molecule has 7 rings (SSSR count). The van der Waals surface area contributed by atoms with Crippen LogP contribution in [0.2, 0.25) is 0 Å². The van der Waals surface area contributed by atoms with E-state index in [1.54, 1.807) is 17.6 Å². The highest BCUT2D eigenvalue weighted by Crippen LogP contribution is 2.43. The van der Waals surface area contributed by atoms with E-state index in [1.165, 1.54) is 5.56 Å². The smallest absolute Gasteiger partial charge is 0.343 e. The van der Waals surface area contributed by atoms with Crippen molar-refractivity contribution in [2.75, 3.05) is 6.79 Å². The first-order valence-corrected chi connectivity index (χ1v) is 13.5. The number of aliphatic hydroxyl groups is 2. The molecular weight excluding hydrogens is 512 g/mol. The van der Waals surface area contributed by atoms with E-state index in [0.717, 1.165) is 46.9 Å². The van der Waals surface area contributed by atoms with Crippen LogP contribution in [0.4, 0.5) is 0 Å². The number of cyclic esters (lactones) is 1. The van der Waals surface area contributed by atoms with Crippen molar-refractivity contribution in [3.63, 3.8) is 0 Å². The molecule has 3 aliphatic heterocycles. The lowest BCUT2D eigenvalue weighted by molar-refractivity contribution is -0.172. The molecule has 2 N–H and O–H groups in total. The Morgan fingerprint density at radius 3 is 2.48 bits per heavy atom. The summed E-state index contributed by atoms with van der Waals surface area (Å²) in [6.45, 7) is 2.04. The normalized spacial score (nSPS) is 18.4. The number of fused-ring (bicyclic) bond motifs is 6. The number of rotatable bonds is 6. The van der Waals surface area contributed by atoms with E-state index in [9.17, 15) is 19.8 Å². The minimum absolute atomic E-state index is 0.0187. The zero-order valence-electron chi connectivity index (χ0n) is 22.0. The minimum Gasteiger partial charge on any atom is -0.458 e. The highest BCUT2D eigenvalue weighted by molar-refractivity contribution is 5.91. The number of aryl methyl sites for hydroxylation is 2. The SMILES string of the molecule is CC[C@@]1(O)C(=O)OCc2c1cc1n(c2=O)Cc2c-1nc1cc3c(cc1c2CCCc1ccc(CO)cc1)OCO3. The fourth-order valence-corrected chi connectivity index (χ4v) is 6.12. The first-order chi connectivity index (χ1) is 19.4. The number of benzene rings is 2. The molecule has 4 aromatic rings. The van der Waals surface area contributed by atoms with Crippen LogP contribution in [0.15, 0.2) is 47.3 Å². The Labute approximate surface area is 229 Å². The summed E-state index contributed by atoms with van der Waals surface area (Å²) in [5.74, 6) is 0.553. The van der Waals surface area contributed by atoms with Crippen LogP contribution in [-0.4, -0.2) is 32.5 Å². The van der Waals surface area contributed by atoms with Gasteiger partial charge in [-0.05, 0) is 54.5 Å². The lowest BCUT2D eigenvalue weighted by Crippen LogP contribution is -2.44. The van der Waals surface area contributed by atoms with Crippen molar-refractivity contribution in [3.05, 3.63) is 86.2 Å². The van der Waals surface area contributed by atoms with Gasteiger partial charge in [-0.1, -0.05) is 31.2 Å². The van der Waals surface area contributed by atoms with Gasteiger partial charge in [-0.2, -0.15) is 0 Å². The second-order valence-corrected chi connectivity index (χ2v) is 10.6. The quantitative estimate of drug-likeness (QED) is 0.314. The molecule has 2 aromatic heterocycles. The van der Waals surface area contributed by atoms with Crippen LogP contribution in [0, 0.1) is 0 Å². The minimum atomic E-state index is -1.87. The highest BCUT2D eigenvalue weighted by atomic mass is 16.7. The number of esters is 1. The van der Waals surface area contributed by atoms with Gasteiger partial charge >= 0.3 is 5.97 Å². The van der Waals surface area contributed by atoms with Crippen molar-refractivity contribution >= 4 is 16.9 Å². The zero-order valence-corrected chi connectivity index (χ0v) is 22.0. The maximum Gasteiger partial charge on any atom is 0.343 e. The molecule has 0 saturated heterocycles. The van der Waals surface area contributed by atoms with Gasteiger partial charge in [0.05, 0.1) is 35.6 Å². The van der Waals surface area contributed by atoms with Crippen molar-refractivity contribution in [1.29, 1.82) is 0 Å². The molecule has 3 aliphatic rings. The second-order valence-electron chi connectivity index (χ2n) is 10.6. The lowest BCUT2D eigenvalue weighted by Gasteiger charge is -2.31. The van der Waals surface area contributed by atoms with Gasteiger partial charge in [0, 0.05) is 22.6 Å². The third-order valence-electron chi connectivity index (χ3n) is 8.40. The van der Waals surface area contributed by atoms with E-state index in [1.807, 2.05) is 36.4 Å². The number of pyridine rings is 2. The molecule has 0 unspecified atom stereocenters. The molecule has 0 radical (unpaired) electrons. The van der Waals surface area contributed by atoms with Gasteiger partial charge in [-0.15, -0.1) is 0 Å². The standard InChI is InChI=1S/C31H28N2O7/c1-2-31(37)23-11-25-28-21(13-33(25)29(35)22(23)15-38-30(31)36)19(5-3-4-17-6-8-18(14-34)9-7-17)20-10-26-27(40-16-39-26)12-24(20)32-28/h6-12,34,37H,2-5,13-16H2,1H3/t31-/m0/s1. The average Bonchev–Trinajstić information content (AvgIpc) is 3.58. The van der Waals surface area contributed by atoms with E-state index in [-0.39, 0.29) is 32.0 Å². The summed E-state index contributed by atoms with van der Waals surface area (Å²) in [5, 5.41) is 21.5. The molecule has 0 amide bonds. The average molecular weight is 541 g/mol. The Hall–Kier alpha value is -4.21. The van der Waals surface area contributed by atoms with Crippen molar-refractivity contribution in [1.82, 2.24) is 9.55 Å². The number of hydrogen-bond acceptors (Lipinski definition) is 8. The van der Waals surface area contributed by atoms with E-state index < -0.39 is 11.6 Å². The van der Waals surface area contributed by atoms with Crippen LogP contribution >= 0.6 is 0 Å². The number of nitrogens with zero attached hydrogens (tertiary/aromatic N) is 2. The van der Waals surface area contributed by atoms with Crippen LogP contribution in [0.25, 0.3) is 22.3 Å². The summed E-state index contributed by atoms with van der Waals surface area (Å²) in [4.78, 5) is 31.2. The molecule has 40 heavy (non-hydrogen) atoms. The fraction of sp³-hybridized carbons (Fsp3) is 0.323. The number of ether oxygens (including phenoxy) is 3. The molecule has 0 aliphatic carbocycles. The Kier molecular flexibility index (Phi) is 5.69. The van der Waals surface area contributed by atoms with Gasteiger partial charge in [-0.3, -0.25) is 4.79 Å². The van der Waals surface area contributed by atoms with E-state index in [2.05, 4.69) is 0 Å². The summed E-state index contributed by atoms with van der Waals surface area (Å²) in [5.41, 5.74) is 4.54. The van der Waals surface area contributed by atoms with Crippen LogP contribution in [0.5, 0.6) is 11.5 Å². The first kappa shape index (κ1) is 24.8. The van der Waals surface area contributed by atoms with E-state index in [4.69, 9.17) is 19.2 Å². The molecule has 9 nitrogen and oxygen atoms in total. The van der Waals surface area contributed by atoms with Gasteiger partial charge in [0.15, 0.2) is 17.1 Å². The van der Waals surface area contributed by atoms with E-state index >= 15 is 0 Å². The second kappa shape index (κ2) is 9.18. The summed E-state index contributed by atoms with van der Waals surface area (Å²) in [6.07, 6.45) is 2.54. The van der Waals surface area contributed by atoms with Crippen LogP contribution in [0.1, 0.15) is 53.1 Å². The largest absolute Gasteiger partial charge is 0.458 e. The Morgan fingerprint density at radius 2 is 1.73 bits per heavy atom. The molecule has 1 atom stereocenters. The lowest BCUT2D eigenvalue weighted by atomic mass is 9.86. The number of hydrogen-bond donors (Lipinski definition) is 2. The molecule has 9 heteroatoms.